The van der Waals surface area contributed by atoms with Crippen LogP contribution in [0, 0.1) is 0 Å². The van der Waals surface area contributed by atoms with Crippen LogP contribution in [0.2, 0.25) is 0 Å². The number of rotatable bonds is 6. The van der Waals surface area contributed by atoms with Gasteiger partial charge in [0, 0.05) is 18.6 Å². The number of nitrogens with zero attached hydrogens (tertiary/aromatic N) is 2. The number of amides is 1. The van der Waals surface area contributed by atoms with Gasteiger partial charge in [0.1, 0.15) is 0 Å². The molecule has 116 valence electrons. The predicted molar refractivity (Wildman–Crippen MR) is 86.3 cm³/mol. The van der Waals surface area contributed by atoms with Crippen molar-refractivity contribution >= 4 is 17.2 Å². The van der Waals surface area contributed by atoms with E-state index in [-0.39, 0.29) is 12.5 Å². The van der Waals surface area contributed by atoms with E-state index < -0.39 is 0 Å². The first kappa shape index (κ1) is 16.0. The van der Waals surface area contributed by atoms with E-state index >= 15 is 0 Å². The Morgan fingerprint density at radius 1 is 1.45 bits per heavy atom. The van der Waals surface area contributed by atoms with Crippen molar-refractivity contribution < 1.29 is 14.3 Å². The Labute approximate surface area is 133 Å². The minimum Gasteiger partial charge on any atom is -0.493 e. The van der Waals surface area contributed by atoms with Crippen molar-refractivity contribution in [3.63, 3.8) is 0 Å². The predicted octanol–water partition coefficient (Wildman–Crippen LogP) is 2.33. The Morgan fingerprint density at radius 2 is 2.27 bits per heavy atom. The lowest BCUT2D eigenvalue weighted by atomic mass is 10.1. The van der Waals surface area contributed by atoms with E-state index in [4.69, 9.17) is 9.47 Å². The summed E-state index contributed by atoms with van der Waals surface area (Å²) in [6.45, 7) is 3.58. The van der Waals surface area contributed by atoms with Gasteiger partial charge in [-0.25, -0.2) is 0 Å². The third-order valence-corrected chi connectivity index (χ3v) is 3.79. The largest absolute Gasteiger partial charge is 0.493 e. The SMILES string of the molecule is C=CCc1ccc(OCC(=O)N=c2sccn2C)c(OC)c1. The second kappa shape index (κ2) is 7.61. The molecule has 2 rings (SSSR count). The zero-order valence-electron chi connectivity index (χ0n) is 12.6. The van der Waals surface area contributed by atoms with Crippen LogP contribution in [0.4, 0.5) is 0 Å². The van der Waals surface area contributed by atoms with Crippen LogP contribution in [-0.2, 0) is 18.3 Å². The first-order chi connectivity index (χ1) is 10.6. The highest BCUT2D eigenvalue weighted by atomic mass is 32.1. The van der Waals surface area contributed by atoms with Crippen LogP contribution in [0.1, 0.15) is 5.56 Å². The molecule has 0 saturated heterocycles. The minimum absolute atomic E-state index is 0.130. The van der Waals surface area contributed by atoms with Crippen LogP contribution in [0.5, 0.6) is 11.5 Å². The Morgan fingerprint density at radius 3 is 2.91 bits per heavy atom. The zero-order chi connectivity index (χ0) is 15.9. The number of aryl methyl sites for hydroxylation is 1. The van der Waals surface area contributed by atoms with Crippen molar-refractivity contribution in [2.75, 3.05) is 13.7 Å². The molecule has 22 heavy (non-hydrogen) atoms. The number of ether oxygens (including phenoxy) is 2. The van der Waals surface area contributed by atoms with E-state index in [1.165, 1.54) is 11.3 Å². The molecule has 0 fully saturated rings. The van der Waals surface area contributed by atoms with Gasteiger partial charge in [0.05, 0.1) is 7.11 Å². The smallest absolute Gasteiger partial charge is 0.286 e. The zero-order valence-corrected chi connectivity index (χ0v) is 13.4. The maximum absolute atomic E-state index is 11.9. The van der Waals surface area contributed by atoms with Gasteiger partial charge in [-0.1, -0.05) is 12.1 Å². The van der Waals surface area contributed by atoms with Crippen molar-refractivity contribution in [2.24, 2.45) is 12.0 Å². The molecule has 0 radical (unpaired) electrons. The molecule has 1 aromatic heterocycles. The summed E-state index contributed by atoms with van der Waals surface area (Å²) in [6, 6.07) is 5.58. The summed E-state index contributed by atoms with van der Waals surface area (Å²) in [4.78, 5) is 16.5. The maximum Gasteiger partial charge on any atom is 0.286 e. The van der Waals surface area contributed by atoms with E-state index in [2.05, 4.69) is 11.6 Å². The Kier molecular flexibility index (Phi) is 5.55. The van der Waals surface area contributed by atoms with Gasteiger partial charge in [-0.05, 0) is 24.1 Å². The summed E-state index contributed by atoms with van der Waals surface area (Å²) in [5, 5.41) is 1.87. The van der Waals surface area contributed by atoms with Crippen molar-refractivity contribution in [2.45, 2.75) is 6.42 Å². The number of thiazole rings is 1. The molecule has 0 unspecified atom stereocenters. The van der Waals surface area contributed by atoms with Gasteiger partial charge in [-0.2, -0.15) is 4.99 Å². The molecule has 0 aliphatic rings. The van der Waals surface area contributed by atoms with Crippen molar-refractivity contribution in [3.8, 4) is 11.5 Å². The Bertz CT molecular complexity index is 731. The van der Waals surface area contributed by atoms with Gasteiger partial charge in [-0.15, -0.1) is 17.9 Å². The number of methoxy groups -OCH3 is 1. The third kappa shape index (κ3) is 4.08. The van der Waals surface area contributed by atoms with Crippen LogP contribution in [-0.4, -0.2) is 24.2 Å². The quantitative estimate of drug-likeness (QED) is 0.768. The molecule has 6 heteroatoms. The van der Waals surface area contributed by atoms with Gasteiger partial charge in [0.25, 0.3) is 5.91 Å². The molecule has 0 aliphatic carbocycles. The van der Waals surface area contributed by atoms with E-state index in [0.29, 0.717) is 16.3 Å². The molecule has 0 saturated carbocycles. The second-order valence-electron chi connectivity index (χ2n) is 4.57. The van der Waals surface area contributed by atoms with Crippen LogP contribution in [0.25, 0.3) is 0 Å². The second-order valence-corrected chi connectivity index (χ2v) is 5.44. The van der Waals surface area contributed by atoms with E-state index in [0.717, 1.165) is 12.0 Å². The average molecular weight is 318 g/mol. The number of hydrogen-bond donors (Lipinski definition) is 0. The fourth-order valence-corrected chi connectivity index (χ4v) is 2.58. The summed E-state index contributed by atoms with van der Waals surface area (Å²) in [7, 11) is 3.41. The normalized spacial score (nSPS) is 11.3. The van der Waals surface area contributed by atoms with Crippen molar-refractivity contribution in [3.05, 3.63) is 52.8 Å². The molecule has 1 aromatic carbocycles. The molecular weight excluding hydrogens is 300 g/mol. The maximum atomic E-state index is 11.9. The van der Waals surface area contributed by atoms with E-state index in [1.54, 1.807) is 17.7 Å². The summed E-state index contributed by atoms with van der Waals surface area (Å²) < 4.78 is 12.6. The number of benzene rings is 1. The number of allylic oxidation sites excluding steroid dienone is 1. The highest BCUT2D eigenvalue weighted by molar-refractivity contribution is 7.07. The molecule has 1 amide bonds. The van der Waals surface area contributed by atoms with Crippen LogP contribution >= 0.6 is 11.3 Å². The molecule has 1 heterocycles. The lowest BCUT2D eigenvalue weighted by Gasteiger charge is -2.10. The molecule has 5 nitrogen and oxygen atoms in total. The van der Waals surface area contributed by atoms with Gasteiger partial charge in [0.2, 0.25) is 0 Å². The molecular formula is C16H18N2O3S. The molecule has 2 aromatic rings. The molecule has 0 bridgehead atoms. The van der Waals surface area contributed by atoms with Crippen LogP contribution in [0.3, 0.4) is 0 Å². The van der Waals surface area contributed by atoms with Gasteiger partial charge in [-0.3, -0.25) is 4.79 Å². The molecule has 0 atom stereocenters. The Balaban J connectivity index is 2.06. The summed E-state index contributed by atoms with van der Waals surface area (Å²) in [5.41, 5.74) is 1.07. The first-order valence-corrected chi connectivity index (χ1v) is 7.60. The fraction of sp³-hybridized carbons (Fsp3) is 0.250. The molecule has 0 N–H and O–H groups in total. The number of hydrogen-bond acceptors (Lipinski definition) is 4. The van der Waals surface area contributed by atoms with Crippen molar-refractivity contribution in [1.29, 1.82) is 0 Å². The molecule has 0 aliphatic heterocycles. The summed E-state index contributed by atoms with van der Waals surface area (Å²) >= 11 is 1.40. The van der Waals surface area contributed by atoms with E-state index in [9.17, 15) is 4.79 Å². The lowest BCUT2D eigenvalue weighted by molar-refractivity contribution is -0.120. The fourth-order valence-electron chi connectivity index (χ4n) is 1.84. The molecule has 0 spiro atoms. The highest BCUT2D eigenvalue weighted by Crippen LogP contribution is 2.28. The lowest BCUT2D eigenvalue weighted by Crippen LogP contribution is -2.16. The summed E-state index contributed by atoms with van der Waals surface area (Å²) in [6.07, 6.45) is 4.41. The highest BCUT2D eigenvalue weighted by Gasteiger charge is 2.08. The Hall–Kier alpha value is -2.34. The monoisotopic (exact) mass is 318 g/mol. The van der Waals surface area contributed by atoms with Gasteiger partial charge >= 0.3 is 0 Å². The van der Waals surface area contributed by atoms with E-state index in [1.807, 2.05) is 36.8 Å². The summed E-state index contributed by atoms with van der Waals surface area (Å²) in [5.74, 6) is 0.776. The topological polar surface area (TPSA) is 52.8 Å². The number of aromatic nitrogens is 1. The van der Waals surface area contributed by atoms with Crippen molar-refractivity contribution in [1.82, 2.24) is 4.57 Å². The minimum atomic E-state index is -0.338. The average Bonchev–Trinajstić information content (AvgIpc) is 2.91. The first-order valence-electron chi connectivity index (χ1n) is 6.72. The standard InChI is InChI=1S/C16H18N2O3S/c1-4-5-12-6-7-13(14(10-12)20-3)21-11-15(19)17-16-18(2)8-9-22-16/h4,6-10H,1,5,11H2,2-3H3. The van der Waals surface area contributed by atoms with Gasteiger partial charge < -0.3 is 14.0 Å². The van der Waals surface area contributed by atoms with Crippen LogP contribution in [0.15, 0.2) is 47.4 Å². The third-order valence-electron chi connectivity index (χ3n) is 2.94. The number of carbonyl (C=O) groups excluding carboxylic acids is 1. The van der Waals surface area contributed by atoms with Gasteiger partial charge in [0.15, 0.2) is 22.9 Å². The van der Waals surface area contributed by atoms with Crippen LogP contribution < -0.4 is 14.3 Å². The number of carbonyl (C=O) groups is 1.